The van der Waals surface area contributed by atoms with E-state index in [-0.39, 0.29) is 19.3 Å². The van der Waals surface area contributed by atoms with Gasteiger partial charge in [0.05, 0.1) is 11.4 Å². The Morgan fingerprint density at radius 1 is 1.04 bits per heavy atom. The van der Waals surface area contributed by atoms with Crippen LogP contribution in [0.25, 0.3) is 11.4 Å². The number of hydrogen-bond donors (Lipinski definition) is 0. The second-order valence-corrected chi connectivity index (χ2v) is 5.66. The molecule has 0 radical (unpaired) electrons. The lowest BCUT2D eigenvalue weighted by molar-refractivity contribution is -0.197. The van der Waals surface area contributed by atoms with E-state index in [1.165, 1.54) is 0 Å². The highest BCUT2D eigenvalue weighted by molar-refractivity contribution is 6.01. The standard InChI is InChI=1S/C18H17N3O4/c22-16-7-8-17(23)21(16)25-18(24)6-3-4-13-9-11-20-15(12-13)14-5-1-2-10-19-14/h1-2,5,9-12H,3-4,6-8H2. The van der Waals surface area contributed by atoms with Crippen LogP contribution in [0.15, 0.2) is 42.7 Å². The third kappa shape index (κ3) is 4.26. The number of imide groups is 1. The van der Waals surface area contributed by atoms with Gasteiger partial charge in [0, 0.05) is 31.7 Å². The van der Waals surface area contributed by atoms with Gasteiger partial charge in [-0.25, -0.2) is 4.79 Å². The molecule has 0 unspecified atom stereocenters. The van der Waals surface area contributed by atoms with Gasteiger partial charge < -0.3 is 4.84 Å². The van der Waals surface area contributed by atoms with Crippen molar-refractivity contribution < 1.29 is 19.2 Å². The maximum Gasteiger partial charge on any atom is 0.333 e. The van der Waals surface area contributed by atoms with Gasteiger partial charge >= 0.3 is 5.97 Å². The van der Waals surface area contributed by atoms with Crippen LogP contribution in [0.5, 0.6) is 0 Å². The molecule has 128 valence electrons. The number of pyridine rings is 2. The Balaban J connectivity index is 1.51. The smallest absolute Gasteiger partial charge is 0.330 e. The number of nitrogens with zero attached hydrogens (tertiary/aromatic N) is 3. The quantitative estimate of drug-likeness (QED) is 0.749. The van der Waals surface area contributed by atoms with Gasteiger partial charge in [0.1, 0.15) is 0 Å². The normalized spacial score (nSPS) is 14.0. The summed E-state index contributed by atoms with van der Waals surface area (Å²) in [6, 6.07) is 9.43. The van der Waals surface area contributed by atoms with E-state index in [4.69, 9.17) is 4.84 Å². The van der Waals surface area contributed by atoms with Crippen molar-refractivity contribution in [1.29, 1.82) is 0 Å². The van der Waals surface area contributed by atoms with Crippen LogP contribution >= 0.6 is 0 Å². The molecule has 0 N–H and O–H groups in total. The zero-order valence-electron chi connectivity index (χ0n) is 13.6. The van der Waals surface area contributed by atoms with E-state index in [1.807, 2.05) is 30.3 Å². The van der Waals surface area contributed by atoms with Crippen LogP contribution < -0.4 is 0 Å². The number of carbonyl (C=O) groups is 3. The first kappa shape index (κ1) is 16.8. The molecule has 0 aliphatic carbocycles. The molecule has 1 saturated heterocycles. The van der Waals surface area contributed by atoms with Gasteiger partial charge in [-0.3, -0.25) is 19.6 Å². The molecule has 1 fully saturated rings. The highest BCUT2D eigenvalue weighted by Crippen LogP contribution is 2.17. The summed E-state index contributed by atoms with van der Waals surface area (Å²) in [6.07, 6.45) is 4.93. The van der Waals surface area contributed by atoms with Crippen molar-refractivity contribution in [2.24, 2.45) is 0 Å². The summed E-state index contributed by atoms with van der Waals surface area (Å²) in [7, 11) is 0. The largest absolute Gasteiger partial charge is 0.333 e. The zero-order chi connectivity index (χ0) is 17.6. The second kappa shape index (κ2) is 7.65. The molecule has 1 aliphatic rings. The summed E-state index contributed by atoms with van der Waals surface area (Å²) in [5, 5.41) is 0.577. The van der Waals surface area contributed by atoms with Gasteiger partial charge in [0.15, 0.2) is 0 Å². The fourth-order valence-electron chi connectivity index (χ4n) is 2.53. The third-order valence-corrected chi connectivity index (χ3v) is 3.80. The number of amides is 2. The molecule has 25 heavy (non-hydrogen) atoms. The predicted octanol–water partition coefficient (Wildman–Crippen LogP) is 2.07. The van der Waals surface area contributed by atoms with E-state index in [9.17, 15) is 14.4 Å². The summed E-state index contributed by atoms with van der Waals surface area (Å²) in [6.45, 7) is 0. The molecular formula is C18H17N3O4. The minimum absolute atomic E-state index is 0.0967. The van der Waals surface area contributed by atoms with Gasteiger partial charge in [-0.05, 0) is 42.7 Å². The molecule has 3 heterocycles. The van der Waals surface area contributed by atoms with Crippen molar-refractivity contribution in [3.63, 3.8) is 0 Å². The molecule has 0 spiro atoms. The summed E-state index contributed by atoms with van der Waals surface area (Å²) in [5.41, 5.74) is 2.58. The van der Waals surface area contributed by atoms with Crippen LogP contribution in [0.4, 0.5) is 0 Å². The molecular weight excluding hydrogens is 322 g/mol. The van der Waals surface area contributed by atoms with E-state index in [1.54, 1.807) is 12.4 Å². The predicted molar refractivity (Wildman–Crippen MR) is 87.6 cm³/mol. The van der Waals surface area contributed by atoms with Crippen LogP contribution in [0.3, 0.4) is 0 Å². The van der Waals surface area contributed by atoms with E-state index >= 15 is 0 Å². The Morgan fingerprint density at radius 2 is 1.80 bits per heavy atom. The molecule has 3 rings (SSSR count). The highest BCUT2D eigenvalue weighted by atomic mass is 16.7. The lowest BCUT2D eigenvalue weighted by Crippen LogP contribution is -2.31. The number of aryl methyl sites for hydroxylation is 1. The third-order valence-electron chi connectivity index (χ3n) is 3.80. The molecule has 0 atom stereocenters. The van der Waals surface area contributed by atoms with Crippen molar-refractivity contribution in [1.82, 2.24) is 15.0 Å². The molecule has 1 aliphatic heterocycles. The molecule has 7 heteroatoms. The summed E-state index contributed by atoms with van der Waals surface area (Å²) < 4.78 is 0. The Morgan fingerprint density at radius 3 is 2.52 bits per heavy atom. The first-order chi connectivity index (χ1) is 12.1. The van der Waals surface area contributed by atoms with Gasteiger partial charge in [-0.1, -0.05) is 6.07 Å². The molecule has 0 saturated carbocycles. The SMILES string of the molecule is O=C(CCCc1ccnc(-c2ccccn2)c1)ON1C(=O)CCC1=O. The van der Waals surface area contributed by atoms with Crippen molar-refractivity contribution in [3.05, 3.63) is 48.3 Å². The van der Waals surface area contributed by atoms with Crippen molar-refractivity contribution >= 4 is 17.8 Å². The van der Waals surface area contributed by atoms with Gasteiger partial charge in [-0.15, -0.1) is 5.06 Å². The highest BCUT2D eigenvalue weighted by Gasteiger charge is 2.32. The van der Waals surface area contributed by atoms with Gasteiger partial charge in [-0.2, -0.15) is 0 Å². The molecule has 0 aromatic carbocycles. The average molecular weight is 339 g/mol. The molecule has 7 nitrogen and oxygen atoms in total. The van der Waals surface area contributed by atoms with E-state index in [0.717, 1.165) is 17.0 Å². The van der Waals surface area contributed by atoms with Crippen LogP contribution in [0.1, 0.15) is 31.2 Å². The first-order valence-electron chi connectivity index (χ1n) is 8.06. The van der Waals surface area contributed by atoms with Crippen molar-refractivity contribution in [2.45, 2.75) is 32.1 Å². The Bertz CT molecular complexity index is 776. The minimum atomic E-state index is -0.581. The Labute approximate surface area is 144 Å². The van der Waals surface area contributed by atoms with Crippen LogP contribution in [0, 0.1) is 0 Å². The topological polar surface area (TPSA) is 89.5 Å². The maximum absolute atomic E-state index is 11.8. The lowest BCUT2D eigenvalue weighted by Gasteiger charge is -2.12. The minimum Gasteiger partial charge on any atom is -0.330 e. The van der Waals surface area contributed by atoms with Crippen LogP contribution in [-0.2, 0) is 25.6 Å². The average Bonchev–Trinajstić information content (AvgIpc) is 2.95. The number of hydroxylamine groups is 2. The zero-order valence-corrected chi connectivity index (χ0v) is 13.6. The Kier molecular flexibility index (Phi) is 5.13. The van der Waals surface area contributed by atoms with E-state index in [2.05, 4.69) is 9.97 Å². The second-order valence-electron chi connectivity index (χ2n) is 5.66. The number of aromatic nitrogens is 2. The monoisotopic (exact) mass is 339 g/mol. The molecule has 2 aromatic heterocycles. The number of carbonyl (C=O) groups excluding carboxylic acids is 3. The van der Waals surface area contributed by atoms with Gasteiger partial charge in [0.2, 0.25) is 0 Å². The molecule has 0 bridgehead atoms. The maximum atomic E-state index is 11.8. The lowest BCUT2D eigenvalue weighted by atomic mass is 10.1. The summed E-state index contributed by atoms with van der Waals surface area (Å²) in [5.74, 6) is -1.51. The fourth-order valence-corrected chi connectivity index (χ4v) is 2.53. The molecule has 2 aromatic rings. The number of rotatable bonds is 6. The fraction of sp³-hybridized carbons (Fsp3) is 0.278. The summed E-state index contributed by atoms with van der Waals surface area (Å²) in [4.78, 5) is 48.0. The summed E-state index contributed by atoms with van der Waals surface area (Å²) >= 11 is 0. The Hall–Kier alpha value is -3.09. The van der Waals surface area contributed by atoms with Gasteiger partial charge in [0.25, 0.3) is 11.8 Å². The number of hydrogen-bond acceptors (Lipinski definition) is 6. The van der Waals surface area contributed by atoms with Crippen LogP contribution in [0.2, 0.25) is 0 Å². The first-order valence-corrected chi connectivity index (χ1v) is 8.06. The van der Waals surface area contributed by atoms with E-state index < -0.39 is 17.8 Å². The van der Waals surface area contributed by atoms with Crippen molar-refractivity contribution in [3.8, 4) is 11.4 Å². The van der Waals surface area contributed by atoms with Crippen molar-refractivity contribution in [2.75, 3.05) is 0 Å². The van der Waals surface area contributed by atoms with Crippen LogP contribution in [-0.4, -0.2) is 32.8 Å². The van der Waals surface area contributed by atoms with E-state index in [0.29, 0.717) is 17.9 Å². The molecule has 2 amide bonds.